The molecular weight excluding hydrogens is 268 g/mol. The van der Waals surface area contributed by atoms with Gasteiger partial charge < -0.3 is 10.2 Å². The molecule has 2 heterocycles. The molecule has 0 aromatic carbocycles. The minimum absolute atomic E-state index is 0.494. The smallest absolute Gasteiger partial charge is 0.190 e. The first kappa shape index (κ1) is 13.9. The maximum absolute atomic E-state index is 5.98. The van der Waals surface area contributed by atoms with Crippen LogP contribution in [0, 0.1) is 0 Å². The number of halogens is 1. The van der Waals surface area contributed by atoms with Gasteiger partial charge in [-0.1, -0.05) is 30.3 Å². The molecule has 1 N–H and O–H groups in total. The van der Waals surface area contributed by atoms with Gasteiger partial charge in [-0.05, 0) is 25.6 Å². The summed E-state index contributed by atoms with van der Waals surface area (Å²) in [5.41, 5.74) is 0. The number of rotatable bonds is 4. The van der Waals surface area contributed by atoms with Crippen molar-refractivity contribution in [3.8, 4) is 0 Å². The minimum atomic E-state index is 0.494. The summed E-state index contributed by atoms with van der Waals surface area (Å²) in [6, 6.07) is 2.29. The van der Waals surface area contributed by atoms with E-state index in [1.54, 1.807) is 6.07 Å². The molecule has 0 spiro atoms. The van der Waals surface area contributed by atoms with Crippen LogP contribution in [0.3, 0.4) is 0 Å². The van der Waals surface area contributed by atoms with Gasteiger partial charge in [0, 0.05) is 25.2 Å². The normalized spacial score (nSPS) is 17.9. The lowest BCUT2D eigenvalue weighted by molar-refractivity contribution is 0.229. The summed E-state index contributed by atoms with van der Waals surface area (Å²) < 4.78 is 0. The minimum Gasteiger partial charge on any atom is -0.367 e. The molecule has 0 radical (unpaired) electrons. The Balaban J connectivity index is 1.95. The Morgan fingerprint density at radius 1 is 1.44 bits per heavy atom. The van der Waals surface area contributed by atoms with Gasteiger partial charge in [-0.2, -0.15) is 0 Å². The summed E-state index contributed by atoms with van der Waals surface area (Å²) in [4.78, 5) is 11.0. The molecule has 4 nitrogen and oxygen atoms in total. The van der Waals surface area contributed by atoms with Crippen LogP contribution in [0.2, 0.25) is 5.15 Å². The average molecular weight is 287 g/mol. The highest BCUT2D eigenvalue weighted by Crippen LogP contribution is 2.20. The zero-order chi connectivity index (χ0) is 13.0. The monoisotopic (exact) mass is 286 g/mol. The second-order valence-electron chi connectivity index (χ2n) is 4.42. The molecule has 100 valence electrons. The molecule has 0 amide bonds. The maximum atomic E-state index is 5.98. The van der Waals surface area contributed by atoms with Crippen LogP contribution in [-0.4, -0.2) is 46.8 Å². The molecule has 1 aromatic rings. The van der Waals surface area contributed by atoms with E-state index in [0.717, 1.165) is 43.5 Å². The van der Waals surface area contributed by atoms with Crippen LogP contribution in [0.4, 0.5) is 5.82 Å². The molecule has 1 aromatic heterocycles. The molecule has 18 heavy (non-hydrogen) atoms. The standard InChI is InChI=1S/C12H19ClN4S/c1-3-17-6-4-9(5-7-17)14-11-8-10(13)15-12(16-11)18-2/h8-9H,3-7H2,1-2H3,(H,14,15,16). The zero-order valence-electron chi connectivity index (χ0n) is 10.8. The van der Waals surface area contributed by atoms with Crippen LogP contribution in [-0.2, 0) is 0 Å². The van der Waals surface area contributed by atoms with Crippen molar-refractivity contribution in [2.75, 3.05) is 31.2 Å². The average Bonchev–Trinajstić information content (AvgIpc) is 2.39. The first-order valence-corrected chi connectivity index (χ1v) is 7.89. The van der Waals surface area contributed by atoms with Crippen molar-refractivity contribution in [1.29, 1.82) is 0 Å². The number of piperidine rings is 1. The topological polar surface area (TPSA) is 41.0 Å². The predicted molar refractivity (Wildman–Crippen MR) is 77.6 cm³/mol. The molecule has 1 saturated heterocycles. The van der Waals surface area contributed by atoms with Gasteiger partial charge in [-0.3, -0.25) is 0 Å². The third kappa shape index (κ3) is 3.73. The highest BCUT2D eigenvalue weighted by Gasteiger charge is 2.18. The summed E-state index contributed by atoms with van der Waals surface area (Å²) in [5, 5.41) is 4.69. The molecule has 2 rings (SSSR count). The van der Waals surface area contributed by atoms with E-state index in [2.05, 4.69) is 27.1 Å². The van der Waals surface area contributed by atoms with Gasteiger partial charge in [0.1, 0.15) is 11.0 Å². The van der Waals surface area contributed by atoms with Gasteiger partial charge in [0.2, 0.25) is 0 Å². The van der Waals surface area contributed by atoms with E-state index in [-0.39, 0.29) is 0 Å². The van der Waals surface area contributed by atoms with Gasteiger partial charge in [0.05, 0.1) is 0 Å². The molecule has 0 aliphatic carbocycles. The Bertz CT molecular complexity index is 394. The Labute approximate surface area is 118 Å². The second kappa shape index (κ2) is 6.59. The van der Waals surface area contributed by atoms with Crippen LogP contribution in [0.5, 0.6) is 0 Å². The zero-order valence-corrected chi connectivity index (χ0v) is 12.4. The fourth-order valence-electron chi connectivity index (χ4n) is 2.16. The van der Waals surface area contributed by atoms with Gasteiger partial charge in [0.15, 0.2) is 5.16 Å². The fourth-order valence-corrected chi connectivity index (χ4v) is 2.78. The quantitative estimate of drug-likeness (QED) is 0.524. The fraction of sp³-hybridized carbons (Fsp3) is 0.667. The lowest BCUT2D eigenvalue weighted by Crippen LogP contribution is -2.39. The van der Waals surface area contributed by atoms with Crippen molar-refractivity contribution in [2.45, 2.75) is 31.0 Å². The number of anilines is 1. The molecular formula is C12H19ClN4S. The predicted octanol–water partition coefficient (Wildman–Crippen LogP) is 2.75. The number of likely N-dealkylation sites (tertiary alicyclic amines) is 1. The molecule has 1 aliphatic heterocycles. The summed E-state index contributed by atoms with van der Waals surface area (Å²) in [6.45, 7) is 5.66. The summed E-state index contributed by atoms with van der Waals surface area (Å²) in [6.07, 6.45) is 4.27. The number of thioether (sulfide) groups is 1. The molecule has 0 bridgehead atoms. The van der Waals surface area contributed by atoms with Gasteiger partial charge in [-0.15, -0.1) is 0 Å². The number of aromatic nitrogens is 2. The SMILES string of the molecule is CCN1CCC(Nc2cc(Cl)nc(SC)n2)CC1. The Morgan fingerprint density at radius 3 is 2.78 bits per heavy atom. The van der Waals surface area contributed by atoms with E-state index >= 15 is 0 Å². The lowest BCUT2D eigenvalue weighted by atomic mass is 10.1. The number of hydrogen-bond acceptors (Lipinski definition) is 5. The number of nitrogens with one attached hydrogen (secondary N) is 1. The van der Waals surface area contributed by atoms with E-state index in [4.69, 9.17) is 11.6 Å². The van der Waals surface area contributed by atoms with Crippen LogP contribution >= 0.6 is 23.4 Å². The Morgan fingerprint density at radius 2 is 2.17 bits per heavy atom. The third-order valence-corrected chi connectivity index (χ3v) is 3.99. The van der Waals surface area contributed by atoms with Crippen LogP contribution < -0.4 is 5.32 Å². The van der Waals surface area contributed by atoms with Crippen LogP contribution in [0.25, 0.3) is 0 Å². The summed E-state index contributed by atoms with van der Waals surface area (Å²) >= 11 is 7.49. The second-order valence-corrected chi connectivity index (χ2v) is 5.58. The van der Waals surface area contributed by atoms with Crippen molar-refractivity contribution in [3.63, 3.8) is 0 Å². The van der Waals surface area contributed by atoms with Crippen molar-refractivity contribution in [2.24, 2.45) is 0 Å². The van der Waals surface area contributed by atoms with E-state index in [9.17, 15) is 0 Å². The van der Waals surface area contributed by atoms with Gasteiger partial charge >= 0.3 is 0 Å². The van der Waals surface area contributed by atoms with E-state index < -0.39 is 0 Å². The van der Waals surface area contributed by atoms with Crippen LogP contribution in [0.1, 0.15) is 19.8 Å². The third-order valence-electron chi connectivity index (χ3n) is 3.24. The molecule has 1 fully saturated rings. The van der Waals surface area contributed by atoms with Crippen molar-refractivity contribution in [1.82, 2.24) is 14.9 Å². The van der Waals surface area contributed by atoms with E-state index in [1.165, 1.54) is 11.8 Å². The lowest BCUT2D eigenvalue weighted by Gasteiger charge is -2.31. The van der Waals surface area contributed by atoms with Crippen LogP contribution in [0.15, 0.2) is 11.2 Å². The Kier molecular flexibility index (Phi) is 5.09. The van der Waals surface area contributed by atoms with Gasteiger partial charge in [0.25, 0.3) is 0 Å². The first-order valence-electron chi connectivity index (χ1n) is 6.28. The maximum Gasteiger partial charge on any atom is 0.190 e. The summed E-state index contributed by atoms with van der Waals surface area (Å²) in [5.74, 6) is 0.842. The highest BCUT2D eigenvalue weighted by atomic mass is 35.5. The molecule has 0 unspecified atom stereocenters. The molecule has 6 heteroatoms. The van der Waals surface area contributed by atoms with E-state index in [0.29, 0.717) is 11.2 Å². The first-order chi connectivity index (χ1) is 8.71. The largest absolute Gasteiger partial charge is 0.367 e. The van der Waals surface area contributed by atoms with Crippen molar-refractivity contribution >= 4 is 29.2 Å². The number of hydrogen-bond donors (Lipinski definition) is 1. The Hall–Kier alpha value is -0.520. The van der Waals surface area contributed by atoms with Gasteiger partial charge in [-0.25, -0.2) is 9.97 Å². The summed E-state index contributed by atoms with van der Waals surface area (Å²) in [7, 11) is 0. The van der Waals surface area contributed by atoms with Crippen molar-refractivity contribution in [3.05, 3.63) is 11.2 Å². The molecule has 1 aliphatic rings. The number of nitrogens with zero attached hydrogens (tertiary/aromatic N) is 3. The molecule has 0 saturated carbocycles. The van der Waals surface area contributed by atoms with E-state index in [1.807, 2.05) is 6.26 Å². The van der Waals surface area contributed by atoms with Crippen molar-refractivity contribution < 1.29 is 0 Å². The highest BCUT2D eigenvalue weighted by molar-refractivity contribution is 7.98. The molecule has 0 atom stereocenters.